The lowest BCUT2D eigenvalue weighted by Crippen LogP contribution is -1.96. The highest BCUT2D eigenvalue weighted by atomic mass is 16.3. The quantitative estimate of drug-likeness (QED) is 0.179. The fraction of sp³-hybridized carbons (Fsp3) is 0. The van der Waals surface area contributed by atoms with Gasteiger partial charge < -0.3 is 13.6 Å². The molecule has 12 rings (SSSR count). The molecule has 55 heavy (non-hydrogen) atoms. The molecule has 0 N–H and O–H groups in total. The smallest absolute Gasteiger partial charge is 0.145 e. The summed E-state index contributed by atoms with van der Waals surface area (Å²) in [7, 11) is 0. The molecule has 0 saturated carbocycles. The van der Waals surface area contributed by atoms with Gasteiger partial charge in [-0.05, 0) is 88.1 Å². The van der Waals surface area contributed by atoms with Gasteiger partial charge in [0.15, 0.2) is 0 Å². The molecule has 3 nitrogen and oxygen atoms in total. The van der Waals surface area contributed by atoms with E-state index in [-0.39, 0.29) is 0 Å². The lowest BCUT2D eigenvalue weighted by molar-refractivity contribution is 0.670. The van der Waals surface area contributed by atoms with E-state index < -0.39 is 0 Å². The summed E-state index contributed by atoms with van der Waals surface area (Å²) in [6, 6.07) is 70.1. The normalized spacial score (nSPS) is 12.0. The van der Waals surface area contributed by atoms with Gasteiger partial charge >= 0.3 is 0 Å². The van der Waals surface area contributed by atoms with E-state index in [0.29, 0.717) is 0 Å². The minimum Gasteiger partial charge on any atom is -0.455 e. The van der Waals surface area contributed by atoms with Crippen molar-refractivity contribution in [3.63, 3.8) is 0 Å². The van der Waals surface area contributed by atoms with Crippen LogP contribution in [0.25, 0.3) is 110 Å². The van der Waals surface area contributed by atoms with Gasteiger partial charge in [-0.25, -0.2) is 0 Å². The van der Waals surface area contributed by atoms with E-state index in [0.717, 1.165) is 55.5 Å². The first-order chi connectivity index (χ1) is 27.3. The number of rotatable bonds is 4. The largest absolute Gasteiger partial charge is 0.455 e. The predicted molar refractivity (Wildman–Crippen MR) is 231 cm³/mol. The Hall–Kier alpha value is -7.36. The van der Waals surface area contributed by atoms with Gasteiger partial charge in [-0.15, -0.1) is 0 Å². The third kappa shape index (κ3) is 4.32. The van der Waals surface area contributed by atoms with Crippen molar-refractivity contribution in [2.45, 2.75) is 0 Å². The van der Waals surface area contributed by atoms with Crippen molar-refractivity contribution in [2.24, 2.45) is 0 Å². The second-order valence-corrected chi connectivity index (χ2v) is 14.4. The van der Waals surface area contributed by atoms with Crippen molar-refractivity contribution >= 4 is 76.3 Å². The van der Waals surface area contributed by atoms with Gasteiger partial charge in [0.2, 0.25) is 0 Å². The summed E-state index contributed by atoms with van der Waals surface area (Å²) < 4.78 is 11.7. The minimum atomic E-state index is 0.884. The number of para-hydroxylation sites is 4. The van der Waals surface area contributed by atoms with Crippen LogP contribution in [0.4, 0.5) is 0 Å². The summed E-state index contributed by atoms with van der Waals surface area (Å²) in [4.78, 5) is 0. The van der Waals surface area contributed by atoms with E-state index in [9.17, 15) is 0 Å². The molecular formula is C52H32N2O. The summed E-state index contributed by atoms with van der Waals surface area (Å²) >= 11 is 0. The van der Waals surface area contributed by atoms with Crippen LogP contribution >= 0.6 is 0 Å². The van der Waals surface area contributed by atoms with Crippen LogP contribution in [0.15, 0.2) is 199 Å². The third-order valence-corrected chi connectivity index (χ3v) is 11.5. The van der Waals surface area contributed by atoms with Gasteiger partial charge in [-0.1, -0.05) is 133 Å². The van der Waals surface area contributed by atoms with Crippen molar-refractivity contribution < 1.29 is 4.42 Å². The van der Waals surface area contributed by atoms with Crippen LogP contribution in [0.3, 0.4) is 0 Å². The maximum absolute atomic E-state index is 6.82. The molecule has 0 amide bonds. The molecule has 0 aliphatic carbocycles. The zero-order chi connectivity index (χ0) is 36.0. The molecule has 0 saturated heterocycles. The highest BCUT2D eigenvalue weighted by Crippen LogP contribution is 2.46. The first kappa shape index (κ1) is 30.1. The Morgan fingerprint density at radius 2 is 0.927 bits per heavy atom. The Bertz CT molecular complexity index is 3490. The first-order valence-electron chi connectivity index (χ1n) is 18.9. The van der Waals surface area contributed by atoms with E-state index in [4.69, 9.17) is 4.42 Å². The third-order valence-electron chi connectivity index (χ3n) is 11.5. The van der Waals surface area contributed by atoms with Crippen LogP contribution in [0, 0.1) is 0 Å². The molecule has 0 aliphatic heterocycles. The predicted octanol–water partition coefficient (Wildman–Crippen LogP) is 14.3. The molecule has 256 valence electrons. The van der Waals surface area contributed by atoms with Crippen molar-refractivity contribution in [1.29, 1.82) is 0 Å². The summed E-state index contributed by atoms with van der Waals surface area (Å²) in [5.74, 6) is 0. The summed E-state index contributed by atoms with van der Waals surface area (Å²) in [5, 5.41) is 9.62. The maximum atomic E-state index is 6.82. The van der Waals surface area contributed by atoms with Crippen LogP contribution in [0.2, 0.25) is 0 Å². The molecular weight excluding hydrogens is 669 g/mol. The van der Waals surface area contributed by atoms with Gasteiger partial charge in [-0.2, -0.15) is 0 Å². The Kier molecular flexibility index (Phi) is 6.34. The van der Waals surface area contributed by atoms with E-state index in [1.165, 1.54) is 54.5 Å². The Balaban J connectivity index is 1.16. The molecule has 0 spiro atoms. The molecule has 0 fully saturated rings. The van der Waals surface area contributed by atoms with Crippen LogP contribution in [-0.4, -0.2) is 9.13 Å². The second kappa shape index (κ2) is 11.6. The lowest BCUT2D eigenvalue weighted by atomic mass is 9.95. The van der Waals surface area contributed by atoms with E-state index in [2.05, 4.69) is 203 Å². The molecule has 12 aromatic rings. The topological polar surface area (TPSA) is 23.0 Å². The minimum absolute atomic E-state index is 0.884. The van der Waals surface area contributed by atoms with Gasteiger partial charge in [0, 0.05) is 38.2 Å². The molecule has 0 radical (unpaired) electrons. The van der Waals surface area contributed by atoms with Crippen LogP contribution in [0.1, 0.15) is 0 Å². The SMILES string of the molecule is c1ccc(-n2c3ccccc3c3c(-c4cccc5c4c4ccccc4n5-c4ccc(-c5ccc6ccccc6c5)c5oc6ccccc6c45)cccc32)cc1. The second-order valence-electron chi connectivity index (χ2n) is 14.4. The molecule has 0 aliphatic rings. The first-order valence-corrected chi connectivity index (χ1v) is 18.9. The number of aromatic nitrogens is 2. The van der Waals surface area contributed by atoms with Gasteiger partial charge in [-0.3, -0.25) is 0 Å². The van der Waals surface area contributed by atoms with Crippen LogP contribution in [0.5, 0.6) is 0 Å². The van der Waals surface area contributed by atoms with Gasteiger partial charge in [0.25, 0.3) is 0 Å². The number of benzene rings is 9. The Morgan fingerprint density at radius 1 is 0.345 bits per heavy atom. The average molecular weight is 701 g/mol. The number of furan rings is 1. The summed E-state index contributed by atoms with van der Waals surface area (Å²) in [5.41, 5.74) is 13.4. The molecule has 0 atom stereocenters. The maximum Gasteiger partial charge on any atom is 0.145 e. The summed E-state index contributed by atoms with van der Waals surface area (Å²) in [6.07, 6.45) is 0. The molecule has 3 aromatic heterocycles. The Morgan fingerprint density at radius 3 is 1.67 bits per heavy atom. The molecule has 0 unspecified atom stereocenters. The monoisotopic (exact) mass is 700 g/mol. The van der Waals surface area contributed by atoms with Crippen LogP contribution in [-0.2, 0) is 0 Å². The molecule has 3 heterocycles. The van der Waals surface area contributed by atoms with Crippen molar-refractivity contribution in [2.75, 3.05) is 0 Å². The number of hydrogen-bond donors (Lipinski definition) is 0. The Labute approximate surface area is 316 Å². The van der Waals surface area contributed by atoms with Crippen LogP contribution < -0.4 is 0 Å². The highest BCUT2D eigenvalue weighted by Gasteiger charge is 2.23. The zero-order valence-corrected chi connectivity index (χ0v) is 29.8. The van der Waals surface area contributed by atoms with E-state index in [1.54, 1.807) is 0 Å². The van der Waals surface area contributed by atoms with Crippen molar-refractivity contribution in [3.8, 4) is 33.6 Å². The fourth-order valence-corrected chi connectivity index (χ4v) is 9.18. The molecule has 3 heteroatoms. The zero-order valence-electron chi connectivity index (χ0n) is 29.8. The lowest BCUT2D eigenvalue weighted by Gasteiger charge is -2.13. The average Bonchev–Trinajstić information content (AvgIpc) is 3.92. The number of fused-ring (bicyclic) bond motifs is 10. The molecule has 0 bridgehead atoms. The molecule has 9 aromatic carbocycles. The summed E-state index contributed by atoms with van der Waals surface area (Å²) in [6.45, 7) is 0. The van der Waals surface area contributed by atoms with Crippen molar-refractivity contribution in [1.82, 2.24) is 9.13 Å². The van der Waals surface area contributed by atoms with E-state index >= 15 is 0 Å². The van der Waals surface area contributed by atoms with E-state index in [1.807, 2.05) is 0 Å². The number of hydrogen-bond acceptors (Lipinski definition) is 1. The standard InChI is InChI=1S/C52H32N2O/c1-2-16-36(17-3-1)53-43-23-9-6-18-40(43)49-38(21-12-25-45(49)53)39-22-13-26-46-50(39)41-19-7-10-24-44(41)54(46)47-31-30-37(35-29-28-33-14-4-5-15-34(33)32-35)52-51(47)42-20-8-11-27-48(42)55-52/h1-32H. The highest BCUT2D eigenvalue weighted by molar-refractivity contribution is 6.23. The number of nitrogens with zero attached hydrogens (tertiary/aromatic N) is 2. The van der Waals surface area contributed by atoms with Gasteiger partial charge in [0.05, 0.1) is 33.1 Å². The fourth-order valence-electron chi connectivity index (χ4n) is 9.18. The van der Waals surface area contributed by atoms with Crippen molar-refractivity contribution in [3.05, 3.63) is 194 Å². The van der Waals surface area contributed by atoms with Gasteiger partial charge in [0.1, 0.15) is 11.2 Å².